The first-order valence-corrected chi connectivity index (χ1v) is 12.6. The summed E-state index contributed by atoms with van der Waals surface area (Å²) in [5.74, 6) is 1.11. The lowest BCUT2D eigenvalue weighted by molar-refractivity contribution is 0.253. The van der Waals surface area contributed by atoms with Crippen molar-refractivity contribution in [3.8, 4) is 0 Å². The fourth-order valence-corrected chi connectivity index (χ4v) is 6.35. The fourth-order valence-electron chi connectivity index (χ4n) is 3.44. The Labute approximate surface area is 174 Å². The molecule has 9 heteroatoms. The molecular weight excluding hydrogens is 412 g/mol. The third-order valence-electron chi connectivity index (χ3n) is 4.98. The van der Waals surface area contributed by atoms with Gasteiger partial charge in [0.15, 0.2) is 0 Å². The van der Waals surface area contributed by atoms with E-state index in [0.29, 0.717) is 10.8 Å². The Balaban J connectivity index is 1.18. The molecule has 1 aromatic carbocycles. The van der Waals surface area contributed by atoms with Crippen LogP contribution in [0.1, 0.15) is 12.8 Å². The molecule has 0 bridgehead atoms. The number of anilines is 1. The Kier molecular flexibility index (Phi) is 6.27. The summed E-state index contributed by atoms with van der Waals surface area (Å²) in [5.41, 5.74) is 0. The molecule has 1 aliphatic rings. The van der Waals surface area contributed by atoms with E-state index < -0.39 is 10.0 Å². The third kappa shape index (κ3) is 4.55. The monoisotopic (exact) mass is 436 g/mol. The van der Waals surface area contributed by atoms with E-state index >= 15 is 0 Å². The molecular formula is C19H24N4O2S3. The van der Waals surface area contributed by atoms with E-state index in [1.54, 1.807) is 29.0 Å². The first-order chi connectivity index (χ1) is 13.6. The van der Waals surface area contributed by atoms with Crippen molar-refractivity contribution in [1.82, 2.24) is 14.0 Å². The molecule has 0 spiro atoms. The zero-order valence-electron chi connectivity index (χ0n) is 15.6. The smallest absolute Gasteiger partial charge is 0.250 e. The van der Waals surface area contributed by atoms with Crippen LogP contribution < -0.4 is 9.62 Å². The maximum absolute atomic E-state index is 12.1. The van der Waals surface area contributed by atoms with Gasteiger partial charge >= 0.3 is 0 Å². The Morgan fingerprint density at radius 3 is 2.64 bits per heavy atom. The standard InChI is InChI=1S/C19H24N4O2S3/c24-28(25,18-8-5-15-26-18)20-9-3-4-10-22-11-13-23(14-12-22)19-16-6-1-2-7-17(16)27-21-19/h1-2,5-8,15,20H,3-4,9-14H2. The average Bonchev–Trinajstić information content (AvgIpc) is 3.39. The van der Waals surface area contributed by atoms with Crippen LogP contribution in [0.4, 0.5) is 5.82 Å². The summed E-state index contributed by atoms with van der Waals surface area (Å²) in [7, 11) is -3.33. The van der Waals surface area contributed by atoms with Crippen LogP contribution >= 0.6 is 22.9 Å². The molecule has 1 N–H and O–H groups in total. The molecule has 3 heterocycles. The summed E-state index contributed by atoms with van der Waals surface area (Å²) in [5, 5.41) is 3.03. The van der Waals surface area contributed by atoms with Crippen molar-refractivity contribution < 1.29 is 8.42 Å². The lowest BCUT2D eigenvalue weighted by atomic mass is 10.2. The van der Waals surface area contributed by atoms with Gasteiger partial charge in [0, 0.05) is 38.1 Å². The minimum Gasteiger partial charge on any atom is -0.353 e. The molecule has 4 rings (SSSR count). The largest absolute Gasteiger partial charge is 0.353 e. The predicted octanol–water partition coefficient (Wildman–Crippen LogP) is 3.24. The molecule has 1 saturated heterocycles. The number of hydrogen-bond acceptors (Lipinski definition) is 7. The number of thiophene rings is 1. The van der Waals surface area contributed by atoms with Gasteiger partial charge in [-0.15, -0.1) is 11.3 Å². The number of rotatable bonds is 8. The minimum absolute atomic E-state index is 0.387. The van der Waals surface area contributed by atoms with Gasteiger partial charge in [-0.2, -0.15) is 4.37 Å². The SMILES string of the molecule is O=S(=O)(NCCCCN1CCN(c2nsc3ccccc23)CC1)c1cccs1. The van der Waals surface area contributed by atoms with E-state index in [0.717, 1.165) is 51.4 Å². The van der Waals surface area contributed by atoms with Gasteiger partial charge < -0.3 is 4.90 Å². The van der Waals surface area contributed by atoms with Crippen molar-refractivity contribution in [2.75, 3.05) is 44.2 Å². The normalized spacial score (nSPS) is 16.1. The quantitative estimate of drug-likeness (QED) is 0.549. The van der Waals surface area contributed by atoms with Gasteiger partial charge in [0.05, 0.1) is 4.70 Å². The minimum atomic E-state index is -3.33. The molecule has 0 radical (unpaired) electrons. The van der Waals surface area contributed by atoms with E-state index in [1.807, 2.05) is 0 Å². The molecule has 0 amide bonds. The van der Waals surface area contributed by atoms with Crippen LogP contribution in [0.15, 0.2) is 46.0 Å². The van der Waals surface area contributed by atoms with Crippen molar-refractivity contribution >= 4 is 48.8 Å². The molecule has 3 aromatic rings. The lowest BCUT2D eigenvalue weighted by Gasteiger charge is -2.35. The van der Waals surface area contributed by atoms with Gasteiger partial charge in [-0.1, -0.05) is 18.2 Å². The van der Waals surface area contributed by atoms with Crippen molar-refractivity contribution in [3.63, 3.8) is 0 Å². The number of fused-ring (bicyclic) bond motifs is 1. The summed E-state index contributed by atoms with van der Waals surface area (Å²) in [6.45, 7) is 5.51. The second-order valence-electron chi connectivity index (χ2n) is 6.87. The first-order valence-electron chi connectivity index (χ1n) is 9.48. The van der Waals surface area contributed by atoms with Crippen LogP contribution in [0, 0.1) is 0 Å². The van der Waals surface area contributed by atoms with Gasteiger partial charge in [-0.3, -0.25) is 4.90 Å². The molecule has 1 aliphatic heterocycles. The average molecular weight is 437 g/mol. The maximum atomic E-state index is 12.1. The fraction of sp³-hybridized carbons (Fsp3) is 0.421. The Morgan fingerprint density at radius 2 is 1.86 bits per heavy atom. The number of nitrogens with zero attached hydrogens (tertiary/aromatic N) is 3. The van der Waals surface area contributed by atoms with E-state index in [-0.39, 0.29) is 0 Å². The summed E-state index contributed by atoms with van der Waals surface area (Å²) in [6, 6.07) is 11.8. The Hall–Kier alpha value is -1.52. The predicted molar refractivity (Wildman–Crippen MR) is 117 cm³/mol. The van der Waals surface area contributed by atoms with Crippen LogP contribution in [0.25, 0.3) is 10.1 Å². The Morgan fingerprint density at radius 1 is 1.04 bits per heavy atom. The highest BCUT2D eigenvalue weighted by Crippen LogP contribution is 2.29. The molecule has 6 nitrogen and oxygen atoms in total. The van der Waals surface area contributed by atoms with Crippen LogP contribution in [0.5, 0.6) is 0 Å². The zero-order chi connectivity index (χ0) is 19.4. The highest BCUT2D eigenvalue weighted by atomic mass is 32.2. The topological polar surface area (TPSA) is 65.5 Å². The van der Waals surface area contributed by atoms with Crippen molar-refractivity contribution in [2.45, 2.75) is 17.1 Å². The van der Waals surface area contributed by atoms with Crippen molar-refractivity contribution in [1.29, 1.82) is 0 Å². The molecule has 0 saturated carbocycles. The third-order valence-corrected chi connectivity index (χ3v) is 8.66. The van der Waals surface area contributed by atoms with Crippen molar-refractivity contribution in [2.24, 2.45) is 0 Å². The molecule has 0 unspecified atom stereocenters. The van der Waals surface area contributed by atoms with Gasteiger partial charge in [0.2, 0.25) is 10.0 Å². The molecule has 0 aliphatic carbocycles. The molecule has 2 aromatic heterocycles. The van der Waals surface area contributed by atoms with Crippen LogP contribution in [-0.4, -0.2) is 57.0 Å². The van der Waals surface area contributed by atoms with E-state index in [9.17, 15) is 8.42 Å². The molecule has 1 fully saturated rings. The summed E-state index contributed by atoms with van der Waals surface area (Å²) in [6.07, 6.45) is 1.84. The second kappa shape index (κ2) is 8.87. The van der Waals surface area contributed by atoms with Gasteiger partial charge in [-0.05, 0) is 54.5 Å². The maximum Gasteiger partial charge on any atom is 0.250 e. The highest BCUT2D eigenvalue weighted by Gasteiger charge is 2.20. The van der Waals surface area contributed by atoms with Crippen LogP contribution in [0.2, 0.25) is 0 Å². The highest BCUT2D eigenvalue weighted by molar-refractivity contribution is 7.91. The van der Waals surface area contributed by atoms with Crippen LogP contribution in [-0.2, 0) is 10.0 Å². The number of unbranched alkanes of at least 4 members (excludes halogenated alkanes) is 1. The Bertz CT molecular complexity index is 993. The molecule has 28 heavy (non-hydrogen) atoms. The van der Waals surface area contributed by atoms with Crippen molar-refractivity contribution in [3.05, 3.63) is 41.8 Å². The number of benzene rings is 1. The van der Waals surface area contributed by atoms with Gasteiger partial charge in [0.25, 0.3) is 0 Å². The van der Waals surface area contributed by atoms with Gasteiger partial charge in [0.1, 0.15) is 10.0 Å². The lowest BCUT2D eigenvalue weighted by Crippen LogP contribution is -2.46. The molecule has 0 atom stereocenters. The number of nitrogens with one attached hydrogen (secondary N) is 1. The molecule has 150 valence electrons. The summed E-state index contributed by atoms with van der Waals surface area (Å²) >= 11 is 2.82. The van der Waals surface area contributed by atoms with Crippen LogP contribution in [0.3, 0.4) is 0 Å². The number of hydrogen-bond donors (Lipinski definition) is 1. The number of aromatic nitrogens is 1. The second-order valence-corrected chi connectivity index (χ2v) is 10.6. The number of sulfonamides is 1. The summed E-state index contributed by atoms with van der Waals surface area (Å²) in [4.78, 5) is 4.84. The summed E-state index contributed by atoms with van der Waals surface area (Å²) < 4.78 is 33.1. The zero-order valence-corrected chi connectivity index (χ0v) is 18.0. The van der Waals surface area contributed by atoms with E-state index in [2.05, 4.69) is 43.2 Å². The van der Waals surface area contributed by atoms with Gasteiger partial charge in [-0.25, -0.2) is 13.1 Å². The first kappa shape index (κ1) is 19.8. The van der Waals surface area contributed by atoms with E-state index in [1.165, 1.54) is 21.4 Å². The van der Waals surface area contributed by atoms with E-state index in [4.69, 9.17) is 0 Å². The number of piperazine rings is 1.